The average molecular weight is 470 g/mol. The van der Waals surface area contributed by atoms with Crippen LogP contribution in [0.25, 0.3) is 0 Å². The number of hydrogen-bond acceptors (Lipinski definition) is 5. The molecule has 0 spiro atoms. The van der Waals surface area contributed by atoms with Gasteiger partial charge in [-0.25, -0.2) is 4.68 Å². The van der Waals surface area contributed by atoms with Crippen LogP contribution in [0.4, 0.5) is 0 Å². The second-order valence-electron chi connectivity index (χ2n) is 8.05. The van der Waals surface area contributed by atoms with Gasteiger partial charge in [-0.1, -0.05) is 54.6 Å². The van der Waals surface area contributed by atoms with Crippen molar-refractivity contribution in [2.75, 3.05) is 14.2 Å². The van der Waals surface area contributed by atoms with Crippen molar-refractivity contribution in [3.63, 3.8) is 0 Å². The number of nitrogens with one attached hydrogen (secondary N) is 1. The van der Waals surface area contributed by atoms with Gasteiger partial charge in [-0.05, 0) is 53.4 Å². The van der Waals surface area contributed by atoms with Crippen molar-refractivity contribution in [2.45, 2.75) is 19.0 Å². The van der Waals surface area contributed by atoms with Gasteiger partial charge < -0.3 is 14.8 Å². The van der Waals surface area contributed by atoms with Crippen LogP contribution in [0.15, 0.2) is 95.8 Å². The van der Waals surface area contributed by atoms with Crippen molar-refractivity contribution < 1.29 is 14.3 Å². The number of methoxy groups -OCH3 is 2. The molecule has 1 N–H and O–H groups in total. The Kier molecular flexibility index (Phi) is 7.57. The molecule has 1 amide bonds. The van der Waals surface area contributed by atoms with E-state index in [9.17, 15) is 9.59 Å². The van der Waals surface area contributed by atoms with E-state index in [1.54, 1.807) is 14.2 Å². The molecule has 0 unspecified atom stereocenters. The molecule has 0 radical (unpaired) electrons. The number of carbonyl (C=O) groups excluding carboxylic acids is 1. The third kappa shape index (κ3) is 6.14. The van der Waals surface area contributed by atoms with Crippen LogP contribution in [0.1, 0.15) is 33.2 Å². The molecule has 35 heavy (non-hydrogen) atoms. The summed E-state index contributed by atoms with van der Waals surface area (Å²) in [5.41, 5.74) is 2.79. The highest BCUT2D eigenvalue weighted by Crippen LogP contribution is 2.23. The number of hydrogen-bond donors (Lipinski definition) is 1. The van der Waals surface area contributed by atoms with Gasteiger partial charge in [-0.15, -0.1) is 0 Å². The van der Waals surface area contributed by atoms with E-state index in [0.29, 0.717) is 6.42 Å². The molecule has 1 atom stereocenters. The van der Waals surface area contributed by atoms with E-state index in [1.807, 2.05) is 78.9 Å². The predicted molar refractivity (Wildman–Crippen MR) is 134 cm³/mol. The van der Waals surface area contributed by atoms with Gasteiger partial charge in [0.15, 0.2) is 0 Å². The van der Waals surface area contributed by atoms with E-state index in [0.717, 1.165) is 28.2 Å². The van der Waals surface area contributed by atoms with Crippen molar-refractivity contribution >= 4 is 5.91 Å². The number of carbonyl (C=O) groups is 1. The van der Waals surface area contributed by atoms with Crippen molar-refractivity contribution in [3.8, 4) is 11.5 Å². The third-order valence-electron chi connectivity index (χ3n) is 5.70. The van der Waals surface area contributed by atoms with Crippen molar-refractivity contribution in [1.82, 2.24) is 15.1 Å². The zero-order valence-electron chi connectivity index (χ0n) is 19.7. The number of benzene rings is 3. The molecule has 0 fully saturated rings. The van der Waals surface area contributed by atoms with Crippen LogP contribution in [-0.2, 0) is 13.0 Å². The molecule has 1 aromatic heterocycles. The van der Waals surface area contributed by atoms with Gasteiger partial charge in [-0.2, -0.15) is 5.10 Å². The number of aromatic nitrogens is 2. The number of nitrogens with zero attached hydrogens (tertiary/aromatic N) is 2. The maximum atomic E-state index is 13.2. The van der Waals surface area contributed by atoms with E-state index in [-0.39, 0.29) is 29.7 Å². The van der Waals surface area contributed by atoms with E-state index >= 15 is 0 Å². The molecule has 0 aliphatic rings. The molecule has 7 heteroatoms. The molecule has 4 rings (SSSR count). The Labute approximate surface area is 204 Å². The lowest BCUT2D eigenvalue weighted by Gasteiger charge is -2.20. The Hall–Kier alpha value is -4.39. The molecule has 3 aromatic carbocycles. The van der Waals surface area contributed by atoms with Gasteiger partial charge in [-0.3, -0.25) is 9.59 Å². The number of ether oxygens (including phenoxy) is 2. The second-order valence-corrected chi connectivity index (χ2v) is 8.05. The molecule has 7 nitrogen and oxygen atoms in total. The normalized spacial score (nSPS) is 11.5. The quantitative estimate of drug-likeness (QED) is 0.400. The molecule has 0 aliphatic carbocycles. The first-order valence-electron chi connectivity index (χ1n) is 11.3. The smallest absolute Gasteiger partial charge is 0.272 e. The monoisotopic (exact) mass is 469 g/mol. The maximum Gasteiger partial charge on any atom is 0.272 e. The van der Waals surface area contributed by atoms with E-state index in [4.69, 9.17) is 9.47 Å². The minimum absolute atomic E-state index is 0.175. The zero-order valence-corrected chi connectivity index (χ0v) is 19.7. The minimum atomic E-state index is -0.360. The summed E-state index contributed by atoms with van der Waals surface area (Å²) >= 11 is 0. The van der Waals surface area contributed by atoms with Crippen LogP contribution in [-0.4, -0.2) is 29.9 Å². The van der Waals surface area contributed by atoms with Gasteiger partial charge in [0.2, 0.25) is 0 Å². The van der Waals surface area contributed by atoms with Gasteiger partial charge in [0.05, 0.1) is 26.8 Å². The van der Waals surface area contributed by atoms with Crippen molar-refractivity contribution in [1.29, 1.82) is 0 Å². The maximum absolute atomic E-state index is 13.2. The molecule has 0 aliphatic heterocycles. The lowest BCUT2D eigenvalue weighted by atomic mass is 9.98. The molecule has 0 saturated heterocycles. The molecular weight excluding hydrogens is 442 g/mol. The van der Waals surface area contributed by atoms with E-state index in [1.165, 1.54) is 16.8 Å². The van der Waals surface area contributed by atoms with Gasteiger partial charge in [0.25, 0.3) is 11.5 Å². The molecule has 0 saturated carbocycles. The van der Waals surface area contributed by atoms with E-state index in [2.05, 4.69) is 10.4 Å². The fourth-order valence-electron chi connectivity index (χ4n) is 3.76. The highest BCUT2D eigenvalue weighted by Gasteiger charge is 2.19. The summed E-state index contributed by atoms with van der Waals surface area (Å²) in [5.74, 6) is 1.14. The summed E-state index contributed by atoms with van der Waals surface area (Å²) in [5, 5.41) is 7.41. The molecule has 0 bridgehead atoms. The van der Waals surface area contributed by atoms with Gasteiger partial charge in [0, 0.05) is 6.07 Å². The van der Waals surface area contributed by atoms with Crippen LogP contribution < -0.4 is 20.3 Å². The van der Waals surface area contributed by atoms with Crippen LogP contribution in [0.2, 0.25) is 0 Å². The SMILES string of the molecule is COc1ccc(C[C@@H](NC(=O)c2ccc(=O)n(Cc3ccccc3)n2)c2ccc(OC)cc2)cc1. The zero-order chi connectivity index (χ0) is 24.6. The molecule has 178 valence electrons. The highest BCUT2D eigenvalue weighted by molar-refractivity contribution is 5.92. The Morgan fingerprint density at radius 2 is 1.46 bits per heavy atom. The van der Waals surface area contributed by atoms with Crippen molar-refractivity contribution in [3.05, 3.63) is 124 Å². The summed E-state index contributed by atoms with van der Waals surface area (Å²) in [7, 11) is 3.24. The third-order valence-corrected chi connectivity index (χ3v) is 5.70. The fraction of sp³-hybridized carbons (Fsp3) is 0.179. The predicted octanol–water partition coefficient (Wildman–Crippen LogP) is 4.02. The Bertz CT molecular complexity index is 1320. The largest absolute Gasteiger partial charge is 0.497 e. The number of rotatable bonds is 9. The van der Waals surface area contributed by atoms with Gasteiger partial charge >= 0.3 is 0 Å². The second kappa shape index (κ2) is 11.2. The summed E-state index contributed by atoms with van der Waals surface area (Å²) < 4.78 is 11.8. The molecule has 4 aromatic rings. The van der Waals surface area contributed by atoms with Crippen LogP contribution >= 0.6 is 0 Å². The van der Waals surface area contributed by atoms with Crippen LogP contribution in [0.5, 0.6) is 11.5 Å². The molecular formula is C28H27N3O4. The first kappa shape index (κ1) is 23.8. The standard InChI is InChI=1S/C28H27N3O4/c1-34-23-12-8-20(9-13-23)18-26(22-10-14-24(35-2)15-11-22)29-28(33)25-16-17-27(32)31(30-25)19-21-6-4-3-5-7-21/h3-17,26H,18-19H2,1-2H3,(H,29,33)/t26-/m1/s1. The summed E-state index contributed by atoms with van der Waals surface area (Å²) in [4.78, 5) is 25.6. The van der Waals surface area contributed by atoms with E-state index < -0.39 is 0 Å². The van der Waals surface area contributed by atoms with Gasteiger partial charge in [0.1, 0.15) is 17.2 Å². The lowest BCUT2D eigenvalue weighted by Crippen LogP contribution is -2.33. The van der Waals surface area contributed by atoms with Crippen LogP contribution in [0, 0.1) is 0 Å². The first-order valence-corrected chi connectivity index (χ1v) is 11.3. The van der Waals surface area contributed by atoms with Crippen LogP contribution in [0.3, 0.4) is 0 Å². The number of amides is 1. The Balaban J connectivity index is 1.58. The Morgan fingerprint density at radius 3 is 2.09 bits per heavy atom. The lowest BCUT2D eigenvalue weighted by molar-refractivity contribution is 0.0929. The van der Waals surface area contributed by atoms with Crippen molar-refractivity contribution in [2.24, 2.45) is 0 Å². The fourth-order valence-corrected chi connectivity index (χ4v) is 3.76. The average Bonchev–Trinajstić information content (AvgIpc) is 2.90. The first-order chi connectivity index (χ1) is 17.1. The molecule has 1 heterocycles. The summed E-state index contributed by atoms with van der Waals surface area (Å²) in [6, 6.07) is 27.3. The minimum Gasteiger partial charge on any atom is -0.497 e. The highest BCUT2D eigenvalue weighted by atomic mass is 16.5. The summed E-state index contributed by atoms with van der Waals surface area (Å²) in [6.45, 7) is 0.286. The summed E-state index contributed by atoms with van der Waals surface area (Å²) in [6.07, 6.45) is 0.561. The topological polar surface area (TPSA) is 82.5 Å². The Morgan fingerprint density at radius 1 is 0.829 bits per heavy atom.